The predicted molar refractivity (Wildman–Crippen MR) is 45.4 cm³/mol. The van der Waals surface area contributed by atoms with Gasteiger partial charge < -0.3 is 10.2 Å². The Balaban J connectivity index is 2.12. The molecule has 3 N–H and O–H groups in total. The molecule has 0 radical (unpaired) electrons. The molecule has 0 aromatic heterocycles. The first-order valence-electron chi connectivity index (χ1n) is 3.96. The minimum atomic E-state index is -0.835. The van der Waals surface area contributed by atoms with Crippen LogP contribution in [0.25, 0.3) is 0 Å². The van der Waals surface area contributed by atoms with E-state index < -0.39 is 12.0 Å². The van der Waals surface area contributed by atoms with Gasteiger partial charge in [-0.2, -0.15) is 0 Å². The molecule has 0 bridgehead atoms. The normalized spacial score (nSPS) is 25.5. The predicted octanol–water partition coefficient (Wildman–Crippen LogP) is 0.490. The van der Waals surface area contributed by atoms with E-state index in [1.807, 2.05) is 0 Å². The first kappa shape index (κ1) is 8.07. The average molecular weight is 179 g/mol. The number of hydrogen-bond acceptors (Lipinski definition) is 3. The van der Waals surface area contributed by atoms with E-state index in [2.05, 4.69) is 5.32 Å². The number of phenols is 1. The van der Waals surface area contributed by atoms with Crippen molar-refractivity contribution in [2.45, 2.75) is 12.1 Å². The van der Waals surface area contributed by atoms with E-state index in [0.29, 0.717) is 0 Å². The van der Waals surface area contributed by atoms with Gasteiger partial charge in [-0.15, -0.1) is 0 Å². The summed E-state index contributed by atoms with van der Waals surface area (Å²) in [5.74, 6) is -0.644. The maximum Gasteiger partial charge on any atom is 0.322 e. The number of aliphatic carboxylic acids is 1. The van der Waals surface area contributed by atoms with Crippen LogP contribution < -0.4 is 5.32 Å². The average Bonchev–Trinajstić information content (AvgIpc) is 2.85. The van der Waals surface area contributed by atoms with E-state index in [0.717, 1.165) is 5.56 Å². The van der Waals surface area contributed by atoms with Crippen molar-refractivity contribution in [2.75, 3.05) is 0 Å². The summed E-state index contributed by atoms with van der Waals surface area (Å²) >= 11 is 0. The fraction of sp³-hybridized carbons (Fsp3) is 0.222. The summed E-state index contributed by atoms with van der Waals surface area (Å²) in [4.78, 5) is 10.5. The highest BCUT2D eigenvalue weighted by molar-refractivity contribution is 5.78. The number of carboxylic acid groups (broad SMARTS) is 1. The summed E-state index contributed by atoms with van der Waals surface area (Å²) < 4.78 is 0. The fourth-order valence-electron chi connectivity index (χ4n) is 1.32. The Hall–Kier alpha value is -1.55. The lowest BCUT2D eigenvalue weighted by Crippen LogP contribution is -2.07. The first-order chi connectivity index (χ1) is 6.18. The zero-order valence-electron chi connectivity index (χ0n) is 6.77. The van der Waals surface area contributed by atoms with Crippen molar-refractivity contribution in [3.8, 4) is 5.75 Å². The summed E-state index contributed by atoms with van der Waals surface area (Å²) in [6, 6.07) is 5.97. The highest BCUT2D eigenvalue weighted by Gasteiger charge is 2.43. The van der Waals surface area contributed by atoms with Crippen LogP contribution in [0.15, 0.2) is 24.3 Å². The van der Waals surface area contributed by atoms with E-state index in [4.69, 9.17) is 10.2 Å². The van der Waals surface area contributed by atoms with Crippen molar-refractivity contribution in [1.29, 1.82) is 0 Å². The Bertz CT molecular complexity index is 333. The molecule has 0 aliphatic carbocycles. The Morgan fingerprint density at radius 3 is 2.38 bits per heavy atom. The van der Waals surface area contributed by atoms with Gasteiger partial charge in [0.05, 0.1) is 6.04 Å². The molecule has 68 valence electrons. The minimum absolute atomic E-state index is 0.0990. The molecule has 4 heteroatoms. The van der Waals surface area contributed by atoms with Crippen LogP contribution in [0.4, 0.5) is 0 Å². The van der Waals surface area contributed by atoms with E-state index in [1.165, 1.54) is 0 Å². The van der Waals surface area contributed by atoms with E-state index in [9.17, 15) is 4.79 Å². The van der Waals surface area contributed by atoms with Gasteiger partial charge in [0.1, 0.15) is 11.8 Å². The topological polar surface area (TPSA) is 79.5 Å². The van der Waals surface area contributed by atoms with E-state index in [1.54, 1.807) is 24.3 Å². The maximum absolute atomic E-state index is 10.5. The lowest BCUT2D eigenvalue weighted by molar-refractivity contribution is -0.136. The molecule has 0 unspecified atom stereocenters. The minimum Gasteiger partial charge on any atom is -0.508 e. The van der Waals surface area contributed by atoms with Crippen LogP contribution >= 0.6 is 0 Å². The lowest BCUT2D eigenvalue weighted by Gasteiger charge is -1.96. The van der Waals surface area contributed by atoms with Crippen molar-refractivity contribution in [1.82, 2.24) is 5.32 Å². The molecule has 13 heavy (non-hydrogen) atoms. The molecule has 1 aliphatic rings. The molecule has 2 atom stereocenters. The van der Waals surface area contributed by atoms with Crippen molar-refractivity contribution in [3.63, 3.8) is 0 Å². The van der Waals surface area contributed by atoms with Gasteiger partial charge in [0.15, 0.2) is 0 Å². The zero-order chi connectivity index (χ0) is 9.42. The Kier molecular flexibility index (Phi) is 1.70. The van der Waals surface area contributed by atoms with E-state index >= 15 is 0 Å². The summed E-state index contributed by atoms with van der Waals surface area (Å²) in [5, 5.41) is 20.4. The molecule has 1 aromatic rings. The highest BCUT2D eigenvalue weighted by atomic mass is 16.4. The molecular formula is C9H9NO3. The number of carbonyl (C=O) groups is 1. The zero-order valence-corrected chi connectivity index (χ0v) is 6.77. The van der Waals surface area contributed by atoms with Crippen LogP contribution in [0.5, 0.6) is 5.75 Å². The van der Waals surface area contributed by atoms with Crippen molar-refractivity contribution >= 4 is 5.97 Å². The smallest absolute Gasteiger partial charge is 0.322 e. The van der Waals surface area contributed by atoms with Crippen LogP contribution in [0.3, 0.4) is 0 Å². The largest absolute Gasteiger partial charge is 0.508 e. The second-order valence-electron chi connectivity index (χ2n) is 3.05. The third-order valence-corrected chi connectivity index (χ3v) is 2.10. The van der Waals surface area contributed by atoms with Crippen molar-refractivity contribution < 1.29 is 15.0 Å². The molecule has 0 spiro atoms. The van der Waals surface area contributed by atoms with Gasteiger partial charge in [0, 0.05) is 0 Å². The summed E-state index contributed by atoms with van der Waals surface area (Å²) in [5.41, 5.74) is 0.894. The SMILES string of the molecule is O=C(O)[C@H]1N[C@H]1c1ccc(O)cc1. The van der Waals surface area contributed by atoms with Crippen molar-refractivity contribution in [3.05, 3.63) is 29.8 Å². The molecular weight excluding hydrogens is 170 g/mol. The molecule has 1 heterocycles. The molecule has 4 nitrogen and oxygen atoms in total. The number of rotatable bonds is 2. The van der Waals surface area contributed by atoms with Crippen molar-refractivity contribution in [2.24, 2.45) is 0 Å². The standard InChI is InChI=1S/C9H9NO3/c11-6-3-1-5(2-4-6)7-8(10-7)9(12)13/h1-4,7-8,10-11H,(H,12,13)/t7-,8-/m0/s1. The summed E-state index contributed by atoms with van der Waals surface area (Å²) in [6.45, 7) is 0. The van der Waals surface area contributed by atoms with Crippen LogP contribution in [-0.2, 0) is 4.79 Å². The molecule has 0 saturated carbocycles. The number of carboxylic acids is 1. The quantitative estimate of drug-likeness (QED) is 0.577. The third kappa shape index (κ3) is 1.48. The number of benzene rings is 1. The number of hydrogen-bond donors (Lipinski definition) is 3. The molecule has 1 aromatic carbocycles. The second-order valence-corrected chi connectivity index (χ2v) is 3.05. The van der Waals surface area contributed by atoms with Crippen LogP contribution in [-0.4, -0.2) is 22.2 Å². The Morgan fingerprint density at radius 1 is 1.31 bits per heavy atom. The van der Waals surface area contributed by atoms with Gasteiger partial charge in [-0.1, -0.05) is 12.1 Å². The van der Waals surface area contributed by atoms with E-state index in [-0.39, 0.29) is 11.8 Å². The van der Waals surface area contributed by atoms with Gasteiger partial charge in [0.25, 0.3) is 0 Å². The maximum atomic E-state index is 10.5. The molecule has 1 aliphatic heterocycles. The van der Waals surface area contributed by atoms with Gasteiger partial charge in [-0.3, -0.25) is 10.1 Å². The van der Waals surface area contributed by atoms with Gasteiger partial charge in [-0.25, -0.2) is 0 Å². The molecule has 1 saturated heterocycles. The van der Waals surface area contributed by atoms with Crippen LogP contribution in [0.1, 0.15) is 11.6 Å². The van der Waals surface area contributed by atoms with Gasteiger partial charge >= 0.3 is 5.97 Å². The molecule has 2 rings (SSSR count). The highest BCUT2D eigenvalue weighted by Crippen LogP contribution is 2.30. The van der Waals surface area contributed by atoms with Crippen LogP contribution in [0, 0.1) is 0 Å². The fourth-order valence-corrected chi connectivity index (χ4v) is 1.32. The van der Waals surface area contributed by atoms with Crippen LogP contribution in [0.2, 0.25) is 0 Å². The second kappa shape index (κ2) is 2.74. The Morgan fingerprint density at radius 2 is 1.92 bits per heavy atom. The Labute approximate surface area is 74.8 Å². The third-order valence-electron chi connectivity index (χ3n) is 2.10. The lowest BCUT2D eigenvalue weighted by atomic mass is 10.1. The van der Waals surface area contributed by atoms with Gasteiger partial charge in [-0.05, 0) is 17.7 Å². The number of nitrogens with one attached hydrogen (secondary N) is 1. The monoisotopic (exact) mass is 179 g/mol. The number of phenolic OH excluding ortho intramolecular Hbond substituents is 1. The molecule has 1 fully saturated rings. The first-order valence-corrected chi connectivity index (χ1v) is 3.96. The summed E-state index contributed by atoms with van der Waals surface area (Å²) in [7, 11) is 0. The number of aromatic hydroxyl groups is 1. The molecule has 0 amide bonds. The summed E-state index contributed by atoms with van der Waals surface area (Å²) in [6.07, 6.45) is 0. The van der Waals surface area contributed by atoms with Gasteiger partial charge in [0.2, 0.25) is 0 Å².